The van der Waals surface area contributed by atoms with E-state index >= 15 is 0 Å². The first kappa shape index (κ1) is 13.3. The molecular formula is C16H20N2O2. The highest BCUT2D eigenvalue weighted by molar-refractivity contribution is 5.84. The normalized spacial score (nSPS) is 23.5. The number of aromatic nitrogens is 1. The largest absolute Gasteiger partial charge is 0.394 e. The van der Waals surface area contributed by atoms with E-state index in [0.717, 1.165) is 42.3 Å². The molecule has 106 valence electrons. The van der Waals surface area contributed by atoms with Gasteiger partial charge in [-0.05, 0) is 43.3 Å². The van der Waals surface area contributed by atoms with Crippen LogP contribution in [0.2, 0.25) is 0 Å². The van der Waals surface area contributed by atoms with E-state index in [4.69, 9.17) is 0 Å². The highest BCUT2D eigenvalue weighted by atomic mass is 16.3. The minimum Gasteiger partial charge on any atom is -0.394 e. The van der Waals surface area contributed by atoms with E-state index < -0.39 is 0 Å². The summed E-state index contributed by atoms with van der Waals surface area (Å²) in [5.74, 6) is 0. The minimum atomic E-state index is -0.142. The molecule has 2 N–H and O–H groups in total. The van der Waals surface area contributed by atoms with Crippen LogP contribution in [0, 0.1) is 0 Å². The van der Waals surface area contributed by atoms with Crippen LogP contribution in [0.4, 0.5) is 0 Å². The van der Waals surface area contributed by atoms with Crippen molar-refractivity contribution in [2.45, 2.75) is 31.8 Å². The number of benzene rings is 1. The fourth-order valence-corrected chi connectivity index (χ4v) is 3.13. The molecule has 4 nitrogen and oxygen atoms in total. The first-order valence-corrected chi connectivity index (χ1v) is 7.09. The highest BCUT2D eigenvalue weighted by Crippen LogP contribution is 2.30. The molecule has 0 spiro atoms. The van der Waals surface area contributed by atoms with Gasteiger partial charge in [-0.1, -0.05) is 18.2 Å². The van der Waals surface area contributed by atoms with Crippen LogP contribution < -0.4 is 5.56 Å². The molecule has 2 aromatic rings. The van der Waals surface area contributed by atoms with Gasteiger partial charge in [-0.25, -0.2) is 0 Å². The third-order valence-corrected chi connectivity index (χ3v) is 4.50. The zero-order chi connectivity index (χ0) is 14.2. The van der Waals surface area contributed by atoms with E-state index in [1.807, 2.05) is 24.3 Å². The summed E-state index contributed by atoms with van der Waals surface area (Å²) in [7, 11) is 0. The van der Waals surface area contributed by atoms with Crippen molar-refractivity contribution in [1.29, 1.82) is 0 Å². The Kier molecular flexibility index (Phi) is 3.36. The average Bonchev–Trinajstić information content (AvgIpc) is 2.84. The number of fused-ring (bicyclic) bond motifs is 1. The maximum Gasteiger partial charge on any atom is 0.255 e. The van der Waals surface area contributed by atoms with Gasteiger partial charge in [0.15, 0.2) is 0 Å². The van der Waals surface area contributed by atoms with Crippen LogP contribution in [0.3, 0.4) is 0 Å². The van der Waals surface area contributed by atoms with E-state index in [1.165, 1.54) is 0 Å². The summed E-state index contributed by atoms with van der Waals surface area (Å²) in [6.07, 6.45) is 3.93. The van der Waals surface area contributed by atoms with E-state index in [1.54, 1.807) is 6.20 Å². The quantitative estimate of drug-likeness (QED) is 0.897. The molecule has 0 saturated carbocycles. The Morgan fingerprint density at radius 2 is 2.10 bits per heavy atom. The molecule has 2 heterocycles. The number of aliphatic hydroxyl groups is 1. The predicted molar refractivity (Wildman–Crippen MR) is 79.7 cm³/mol. The number of hydrogen-bond donors (Lipinski definition) is 2. The van der Waals surface area contributed by atoms with E-state index in [-0.39, 0.29) is 17.7 Å². The number of nitrogens with zero attached hydrogens (tertiary/aromatic N) is 1. The summed E-state index contributed by atoms with van der Waals surface area (Å²) in [5.41, 5.74) is 0.925. The second-order valence-corrected chi connectivity index (χ2v) is 5.87. The van der Waals surface area contributed by atoms with Crippen molar-refractivity contribution >= 4 is 10.8 Å². The molecule has 1 unspecified atom stereocenters. The van der Waals surface area contributed by atoms with Crippen molar-refractivity contribution in [2.75, 3.05) is 13.2 Å². The molecular weight excluding hydrogens is 252 g/mol. The molecule has 0 amide bonds. The van der Waals surface area contributed by atoms with Gasteiger partial charge in [-0.3, -0.25) is 9.69 Å². The summed E-state index contributed by atoms with van der Waals surface area (Å²) in [6, 6.07) is 7.69. The summed E-state index contributed by atoms with van der Waals surface area (Å²) in [4.78, 5) is 17.0. The van der Waals surface area contributed by atoms with Gasteiger partial charge in [0.1, 0.15) is 0 Å². The summed E-state index contributed by atoms with van der Waals surface area (Å²) in [5, 5.41) is 11.4. The molecule has 20 heavy (non-hydrogen) atoms. The van der Waals surface area contributed by atoms with Crippen molar-refractivity contribution in [2.24, 2.45) is 0 Å². The number of hydrogen-bond acceptors (Lipinski definition) is 3. The highest BCUT2D eigenvalue weighted by Gasteiger charge is 2.35. The Labute approximate surface area is 118 Å². The standard InChI is InChI=1S/C16H20N2O2/c1-16(11-19)7-4-8-18(16)10-12-9-17-15(20)14-6-3-2-5-13(12)14/h2-3,5-6,9,19H,4,7-8,10-11H2,1H3,(H,17,20). The van der Waals surface area contributed by atoms with Crippen LogP contribution in [0.1, 0.15) is 25.3 Å². The van der Waals surface area contributed by atoms with Crippen LogP contribution in [-0.2, 0) is 6.54 Å². The molecule has 1 aliphatic rings. The lowest BCUT2D eigenvalue weighted by molar-refractivity contribution is 0.0736. The lowest BCUT2D eigenvalue weighted by Crippen LogP contribution is -2.43. The Hall–Kier alpha value is -1.65. The maximum atomic E-state index is 11.8. The molecule has 1 fully saturated rings. The van der Waals surface area contributed by atoms with Gasteiger partial charge in [0.05, 0.1) is 6.61 Å². The summed E-state index contributed by atoms with van der Waals surface area (Å²) < 4.78 is 0. The molecule has 1 aromatic carbocycles. The van der Waals surface area contributed by atoms with Crippen molar-refractivity contribution in [1.82, 2.24) is 9.88 Å². The average molecular weight is 272 g/mol. The van der Waals surface area contributed by atoms with Crippen LogP contribution in [-0.4, -0.2) is 33.7 Å². The van der Waals surface area contributed by atoms with Crippen LogP contribution in [0.15, 0.2) is 35.3 Å². The fourth-order valence-electron chi connectivity index (χ4n) is 3.13. The first-order valence-electron chi connectivity index (χ1n) is 7.09. The van der Waals surface area contributed by atoms with Crippen LogP contribution in [0.25, 0.3) is 10.8 Å². The first-order chi connectivity index (χ1) is 9.64. The molecule has 3 rings (SSSR count). The van der Waals surface area contributed by atoms with Gasteiger partial charge in [-0.15, -0.1) is 0 Å². The van der Waals surface area contributed by atoms with Gasteiger partial charge < -0.3 is 10.1 Å². The minimum absolute atomic E-state index is 0.0457. The zero-order valence-corrected chi connectivity index (χ0v) is 11.7. The molecule has 1 aromatic heterocycles. The maximum absolute atomic E-state index is 11.8. The van der Waals surface area contributed by atoms with E-state index in [0.29, 0.717) is 0 Å². The fraction of sp³-hybridized carbons (Fsp3) is 0.438. The Balaban J connectivity index is 2.00. The van der Waals surface area contributed by atoms with Gasteiger partial charge in [0.25, 0.3) is 5.56 Å². The third-order valence-electron chi connectivity index (χ3n) is 4.50. The van der Waals surface area contributed by atoms with Crippen molar-refractivity contribution < 1.29 is 5.11 Å². The third kappa shape index (κ3) is 2.15. The molecule has 1 saturated heterocycles. The number of aromatic amines is 1. The Morgan fingerprint density at radius 3 is 2.85 bits per heavy atom. The van der Waals surface area contributed by atoms with Crippen molar-refractivity contribution in [3.8, 4) is 0 Å². The second kappa shape index (κ2) is 5.04. The summed E-state index contributed by atoms with van der Waals surface area (Å²) in [6.45, 7) is 4.03. The van der Waals surface area contributed by atoms with Gasteiger partial charge in [-0.2, -0.15) is 0 Å². The molecule has 1 atom stereocenters. The van der Waals surface area contributed by atoms with Gasteiger partial charge in [0, 0.05) is 23.7 Å². The number of H-pyrrole nitrogens is 1. The predicted octanol–water partition coefficient (Wildman–Crippen LogP) is 1.87. The van der Waals surface area contributed by atoms with Crippen LogP contribution in [0.5, 0.6) is 0 Å². The SMILES string of the molecule is CC1(CO)CCCN1Cc1c[nH]c(=O)c2ccccc12. The number of likely N-dealkylation sites (tertiary alicyclic amines) is 1. The Morgan fingerprint density at radius 1 is 1.35 bits per heavy atom. The van der Waals surface area contributed by atoms with Crippen molar-refractivity contribution in [3.05, 3.63) is 46.4 Å². The number of aliphatic hydroxyl groups excluding tert-OH is 1. The van der Waals surface area contributed by atoms with Crippen molar-refractivity contribution in [3.63, 3.8) is 0 Å². The monoisotopic (exact) mass is 272 g/mol. The number of nitrogens with one attached hydrogen (secondary N) is 1. The van der Waals surface area contributed by atoms with Crippen LogP contribution >= 0.6 is 0 Å². The zero-order valence-electron chi connectivity index (χ0n) is 11.7. The lowest BCUT2D eigenvalue weighted by atomic mass is 9.99. The molecule has 4 heteroatoms. The second-order valence-electron chi connectivity index (χ2n) is 5.87. The van der Waals surface area contributed by atoms with Gasteiger partial charge >= 0.3 is 0 Å². The smallest absolute Gasteiger partial charge is 0.255 e. The lowest BCUT2D eigenvalue weighted by Gasteiger charge is -2.33. The Bertz CT molecular complexity index is 679. The number of rotatable bonds is 3. The summed E-state index contributed by atoms with van der Waals surface area (Å²) >= 11 is 0. The molecule has 1 aliphatic heterocycles. The molecule has 0 radical (unpaired) electrons. The topological polar surface area (TPSA) is 56.3 Å². The molecule has 0 bridgehead atoms. The van der Waals surface area contributed by atoms with E-state index in [9.17, 15) is 9.90 Å². The van der Waals surface area contributed by atoms with E-state index in [2.05, 4.69) is 16.8 Å². The number of pyridine rings is 1. The molecule has 0 aliphatic carbocycles. The van der Waals surface area contributed by atoms with Gasteiger partial charge in [0.2, 0.25) is 0 Å².